The highest BCUT2D eigenvalue weighted by atomic mass is 127. The SMILES string of the molecule is CC1CCC(C)(O)CN1I. The van der Waals surface area contributed by atoms with Crippen LogP contribution in [0.3, 0.4) is 0 Å². The summed E-state index contributed by atoms with van der Waals surface area (Å²) in [6.45, 7) is 4.90. The molecule has 2 unspecified atom stereocenters. The first kappa shape index (κ1) is 8.74. The van der Waals surface area contributed by atoms with Crippen molar-refractivity contribution in [1.82, 2.24) is 3.11 Å². The molecule has 1 heterocycles. The van der Waals surface area contributed by atoms with Crippen LogP contribution in [-0.4, -0.2) is 26.4 Å². The van der Waals surface area contributed by atoms with Gasteiger partial charge in [0.15, 0.2) is 0 Å². The van der Waals surface area contributed by atoms with Crippen molar-refractivity contribution >= 4 is 22.9 Å². The van der Waals surface area contributed by atoms with Crippen molar-refractivity contribution in [3.8, 4) is 0 Å². The van der Waals surface area contributed by atoms with Crippen LogP contribution in [0.1, 0.15) is 26.7 Å². The summed E-state index contributed by atoms with van der Waals surface area (Å²) < 4.78 is 2.18. The second-order valence-corrected chi connectivity index (χ2v) is 4.68. The molecule has 1 N–H and O–H groups in total. The maximum Gasteiger partial charge on any atom is 0.0755 e. The van der Waals surface area contributed by atoms with Crippen LogP contribution in [0.25, 0.3) is 0 Å². The van der Waals surface area contributed by atoms with Gasteiger partial charge in [-0.05, 0) is 26.7 Å². The molecule has 0 aromatic heterocycles. The Hall–Kier alpha value is 0.650. The molecule has 0 radical (unpaired) electrons. The fraction of sp³-hybridized carbons (Fsp3) is 1.00. The van der Waals surface area contributed by atoms with E-state index in [0.29, 0.717) is 6.04 Å². The maximum absolute atomic E-state index is 9.62. The number of nitrogens with zero attached hydrogens (tertiary/aromatic N) is 1. The average molecular weight is 255 g/mol. The standard InChI is InChI=1S/C7H14INO/c1-6-3-4-7(2,10)5-9(6)8/h6,10H,3-5H2,1-2H3. The molecule has 0 aliphatic carbocycles. The lowest BCUT2D eigenvalue weighted by Gasteiger charge is -2.37. The van der Waals surface area contributed by atoms with Crippen LogP contribution in [0, 0.1) is 0 Å². The number of hydrogen-bond acceptors (Lipinski definition) is 2. The molecule has 1 rings (SSSR count). The van der Waals surface area contributed by atoms with E-state index in [9.17, 15) is 5.11 Å². The lowest BCUT2D eigenvalue weighted by molar-refractivity contribution is 0.00356. The van der Waals surface area contributed by atoms with Gasteiger partial charge in [0.1, 0.15) is 0 Å². The van der Waals surface area contributed by atoms with Crippen molar-refractivity contribution in [2.24, 2.45) is 0 Å². The zero-order valence-corrected chi connectivity index (χ0v) is 8.63. The first-order chi connectivity index (χ1) is 4.51. The summed E-state index contributed by atoms with van der Waals surface area (Å²) in [5, 5.41) is 9.62. The van der Waals surface area contributed by atoms with Crippen LogP contribution in [0.15, 0.2) is 0 Å². The fourth-order valence-electron chi connectivity index (χ4n) is 1.22. The second kappa shape index (κ2) is 2.95. The summed E-state index contributed by atoms with van der Waals surface area (Å²) in [6, 6.07) is 0.626. The molecule has 2 atom stereocenters. The molecule has 0 amide bonds. The molecule has 1 aliphatic rings. The molecule has 0 spiro atoms. The van der Waals surface area contributed by atoms with E-state index in [4.69, 9.17) is 0 Å². The van der Waals surface area contributed by atoms with Gasteiger partial charge in [0, 0.05) is 35.5 Å². The average Bonchev–Trinajstić information content (AvgIpc) is 1.79. The van der Waals surface area contributed by atoms with Crippen LogP contribution in [0.5, 0.6) is 0 Å². The van der Waals surface area contributed by atoms with E-state index in [2.05, 4.69) is 32.9 Å². The lowest BCUT2D eigenvalue weighted by atomic mass is 9.93. The summed E-state index contributed by atoms with van der Waals surface area (Å²) in [5.41, 5.74) is -0.451. The first-order valence-corrected chi connectivity index (χ1v) is 4.62. The Balaban J connectivity index is 2.49. The molecule has 0 aromatic rings. The van der Waals surface area contributed by atoms with E-state index in [1.165, 1.54) is 0 Å². The molecule has 0 aromatic carbocycles. The molecule has 1 aliphatic heterocycles. The normalized spacial score (nSPS) is 43.8. The van der Waals surface area contributed by atoms with E-state index in [1.54, 1.807) is 0 Å². The van der Waals surface area contributed by atoms with Crippen molar-refractivity contribution in [3.05, 3.63) is 0 Å². The van der Waals surface area contributed by atoms with Gasteiger partial charge >= 0.3 is 0 Å². The molecule has 0 bridgehead atoms. The summed E-state index contributed by atoms with van der Waals surface area (Å²) in [7, 11) is 0. The predicted octanol–water partition coefficient (Wildman–Crippen LogP) is 1.57. The Morgan fingerprint density at radius 1 is 1.70 bits per heavy atom. The Morgan fingerprint density at radius 2 is 2.30 bits per heavy atom. The molecule has 2 nitrogen and oxygen atoms in total. The van der Waals surface area contributed by atoms with Crippen LogP contribution >= 0.6 is 22.9 Å². The number of halogens is 1. The van der Waals surface area contributed by atoms with Gasteiger partial charge in [0.25, 0.3) is 0 Å². The fourth-order valence-corrected chi connectivity index (χ4v) is 2.23. The molecule has 10 heavy (non-hydrogen) atoms. The Labute approximate surface area is 76.1 Å². The largest absolute Gasteiger partial charge is 0.389 e. The van der Waals surface area contributed by atoms with Gasteiger partial charge in [-0.3, -0.25) is 0 Å². The summed E-state index contributed by atoms with van der Waals surface area (Å²) in [6.07, 6.45) is 2.05. The zero-order chi connectivity index (χ0) is 7.78. The Morgan fingerprint density at radius 3 is 2.70 bits per heavy atom. The number of piperidine rings is 1. The third-order valence-corrected chi connectivity index (χ3v) is 3.36. The first-order valence-electron chi connectivity index (χ1n) is 3.66. The van der Waals surface area contributed by atoms with Crippen LogP contribution in [-0.2, 0) is 0 Å². The minimum atomic E-state index is -0.451. The number of aliphatic hydroxyl groups is 1. The van der Waals surface area contributed by atoms with E-state index < -0.39 is 5.60 Å². The van der Waals surface area contributed by atoms with E-state index in [1.807, 2.05) is 6.92 Å². The van der Waals surface area contributed by atoms with Crippen molar-refractivity contribution in [2.45, 2.75) is 38.3 Å². The summed E-state index contributed by atoms with van der Waals surface area (Å²) >= 11 is 2.28. The molecule has 3 heteroatoms. The van der Waals surface area contributed by atoms with E-state index >= 15 is 0 Å². The third-order valence-electron chi connectivity index (χ3n) is 2.07. The van der Waals surface area contributed by atoms with Crippen molar-refractivity contribution in [3.63, 3.8) is 0 Å². The van der Waals surface area contributed by atoms with Gasteiger partial charge in [-0.1, -0.05) is 0 Å². The maximum atomic E-state index is 9.62. The smallest absolute Gasteiger partial charge is 0.0755 e. The molecule has 60 valence electrons. The number of hydrogen-bond donors (Lipinski definition) is 1. The van der Waals surface area contributed by atoms with Gasteiger partial charge in [0.2, 0.25) is 0 Å². The van der Waals surface area contributed by atoms with Crippen molar-refractivity contribution in [1.29, 1.82) is 0 Å². The number of rotatable bonds is 0. The Bertz CT molecular complexity index is 127. The minimum Gasteiger partial charge on any atom is -0.389 e. The lowest BCUT2D eigenvalue weighted by Crippen LogP contribution is -2.45. The van der Waals surface area contributed by atoms with E-state index in [0.717, 1.165) is 19.4 Å². The van der Waals surface area contributed by atoms with Gasteiger partial charge in [0.05, 0.1) is 5.60 Å². The van der Waals surface area contributed by atoms with Crippen LogP contribution in [0.2, 0.25) is 0 Å². The van der Waals surface area contributed by atoms with Crippen LogP contribution in [0.4, 0.5) is 0 Å². The molecule has 1 saturated heterocycles. The molecule has 0 saturated carbocycles. The molecule has 1 fully saturated rings. The summed E-state index contributed by atoms with van der Waals surface area (Å²) in [5.74, 6) is 0. The molecular weight excluding hydrogens is 241 g/mol. The second-order valence-electron chi connectivity index (χ2n) is 3.44. The predicted molar refractivity (Wildman–Crippen MR) is 50.0 cm³/mol. The molecular formula is C7H14INO. The van der Waals surface area contributed by atoms with Gasteiger partial charge in [-0.25, -0.2) is 3.11 Å². The Kier molecular flexibility index (Phi) is 2.58. The quantitative estimate of drug-likeness (QED) is 0.524. The monoisotopic (exact) mass is 255 g/mol. The van der Waals surface area contributed by atoms with Gasteiger partial charge < -0.3 is 5.11 Å². The minimum absolute atomic E-state index is 0.451. The highest BCUT2D eigenvalue weighted by Gasteiger charge is 2.30. The highest BCUT2D eigenvalue weighted by molar-refractivity contribution is 14.1. The van der Waals surface area contributed by atoms with E-state index in [-0.39, 0.29) is 0 Å². The zero-order valence-electron chi connectivity index (χ0n) is 6.47. The van der Waals surface area contributed by atoms with Crippen molar-refractivity contribution in [2.75, 3.05) is 6.54 Å². The number of β-amino-alcohol motifs (C(OH)–C–C–N with tert-alkyl or cyclic N) is 1. The summed E-state index contributed by atoms with van der Waals surface area (Å²) in [4.78, 5) is 0. The highest BCUT2D eigenvalue weighted by Crippen LogP contribution is 2.27. The van der Waals surface area contributed by atoms with Crippen LogP contribution < -0.4 is 0 Å². The van der Waals surface area contributed by atoms with Crippen molar-refractivity contribution < 1.29 is 5.11 Å². The topological polar surface area (TPSA) is 23.5 Å². The van der Waals surface area contributed by atoms with Gasteiger partial charge in [-0.2, -0.15) is 0 Å². The third kappa shape index (κ3) is 2.07. The van der Waals surface area contributed by atoms with Gasteiger partial charge in [-0.15, -0.1) is 0 Å².